The third-order valence-corrected chi connectivity index (χ3v) is 9.66. The summed E-state index contributed by atoms with van der Waals surface area (Å²) < 4.78 is 77.6. The minimum Gasteiger partial charge on any atom is -0.462 e. The van der Waals surface area contributed by atoms with Crippen LogP contribution in [0.2, 0.25) is 0 Å². The van der Waals surface area contributed by atoms with E-state index in [0.717, 1.165) is 28.4 Å². The monoisotopic (exact) mass is 903 g/mol. The summed E-state index contributed by atoms with van der Waals surface area (Å²) in [5, 5.41) is 3.17. The number of ether oxygens (including phenoxy) is 2. The van der Waals surface area contributed by atoms with Crippen molar-refractivity contribution in [2.45, 2.75) is 39.1 Å². The molecule has 332 valence electrons. The number of rotatable bonds is 15. The maximum atomic E-state index is 13.4. The Morgan fingerprint density at radius 3 is 1.58 bits per heavy atom. The van der Waals surface area contributed by atoms with Crippen LogP contribution in [0.4, 0.5) is 18.9 Å². The molecule has 64 heavy (non-hydrogen) atoms. The molecule has 0 aliphatic rings. The molecule has 22 heteroatoms. The molecular weight excluding hydrogens is 868 g/mol. The Hall–Kier alpha value is -7.88. The number of nitrogens with one attached hydrogen (secondary N) is 1. The molecule has 0 atom stereocenters. The Kier molecular flexibility index (Phi) is 14.5. The topological polar surface area (TPSA) is 222 Å². The van der Waals surface area contributed by atoms with E-state index in [0.29, 0.717) is 27.9 Å². The molecule has 0 fully saturated rings. The maximum Gasteiger partial charge on any atom is 0.534 e. The van der Waals surface area contributed by atoms with Gasteiger partial charge < -0.3 is 28.6 Å². The van der Waals surface area contributed by atoms with Crippen LogP contribution in [0.1, 0.15) is 51.3 Å². The molecule has 0 spiro atoms. The van der Waals surface area contributed by atoms with Gasteiger partial charge in [0.2, 0.25) is 0 Å². The molecule has 4 aromatic heterocycles. The largest absolute Gasteiger partial charge is 0.534 e. The third-order valence-electron chi connectivity index (χ3n) is 8.71. The van der Waals surface area contributed by atoms with Crippen molar-refractivity contribution in [1.82, 2.24) is 29.4 Å². The van der Waals surface area contributed by atoms with Crippen molar-refractivity contribution in [1.29, 1.82) is 0 Å². The molecule has 0 aliphatic carbocycles. The average Bonchev–Trinajstić information content (AvgIpc) is 3.28. The Morgan fingerprint density at radius 2 is 1.09 bits per heavy atom. The first-order chi connectivity index (χ1) is 30.8. The first-order valence-electron chi connectivity index (χ1n) is 19.0. The van der Waals surface area contributed by atoms with E-state index >= 15 is 0 Å². The highest BCUT2D eigenvalue weighted by atomic mass is 32.2. The van der Waals surface area contributed by atoms with E-state index in [1.54, 1.807) is 43.5 Å². The smallest absolute Gasteiger partial charge is 0.462 e. The van der Waals surface area contributed by atoms with Gasteiger partial charge in [0.1, 0.15) is 25.9 Å². The lowest BCUT2D eigenvalue weighted by molar-refractivity contribution is -0.0500. The van der Waals surface area contributed by atoms with Crippen LogP contribution in [0.15, 0.2) is 126 Å². The molecule has 0 radical (unpaired) electrons. The van der Waals surface area contributed by atoms with Crippen LogP contribution in [0, 0.1) is 0 Å². The molecule has 18 nitrogen and oxygen atoms in total. The quantitative estimate of drug-likeness (QED) is 0.0809. The molecule has 7 rings (SSSR count). The second-order valence-electron chi connectivity index (χ2n) is 13.0. The van der Waals surface area contributed by atoms with Crippen LogP contribution < -0.4 is 30.3 Å². The first kappa shape index (κ1) is 45.6. The molecule has 0 unspecified atom stereocenters. The summed E-state index contributed by atoms with van der Waals surface area (Å²) in [5.74, 6) is -3.38. The summed E-state index contributed by atoms with van der Waals surface area (Å²) in [4.78, 5) is 78.5. The molecule has 4 heterocycles. The van der Waals surface area contributed by atoms with Crippen molar-refractivity contribution in [2.24, 2.45) is 0 Å². The van der Waals surface area contributed by atoms with Gasteiger partial charge in [0, 0.05) is 18.9 Å². The number of esters is 2. The van der Waals surface area contributed by atoms with E-state index in [1.807, 2.05) is 60.7 Å². The number of hydrogen-bond donors (Lipinski definition) is 1. The van der Waals surface area contributed by atoms with Crippen LogP contribution in [0.3, 0.4) is 0 Å². The fraction of sp³-hybridized carbons (Fsp3) is 0.190. The van der Waals surface area contributed by atoms with Crippen molar-refractivity contribution < 1.29 is 54.5 Å². The second kappa shape index (κ2) is 20.3. The van der Waals surface area contributed by atoms with Crippen molar-refractivity contribution in [3.63, 3.8) is 0 Å². The number of alkyl halides is 3. The van der Waals surface area contributed by atoms with Gasteiger partial charge in [-0.05, 0) is 30.5 Å². The van der Waals surface area contributed by atoms with Gasteiger partial charge in [-0.1, -0.05) is 91.0 Å². The molecule has 0 saturated heterocycles. The van der Waals surface area contributed by atoms with E-state index < -0.39 is 61.0 Å². The Labute approximate surface area is 360 Å². The fourth-order valence-electron chi connectivity index (χ4n) is 5.83. The van der Waals surface area contributed by atoms with E-state index in [4.69, 9.17) is 19.1 Å². The lowest BCUT2D eigenvalue weighted by Gasteiger charge is -2.17. The second-order valence-corrected chi connectivity index (χ2v) is 14.5. The highest BCUT2D eigenvalue weighted by Gasteiger charge is 2.49. The highest BCUT2D eigenvalue weighted by molar-refractivity contribution is 7.88. The number of benzene rings is 3. The highest BCUT2D eigenvalue weighted by Crippen LogP contribution is 2.33. The van der Waals surface area contributed by atoms with E-state index in [9.17, 15) is 40.8 Å². The lowest BCUT2D eigenvalue weighted by Crippen LogP contribution is -2.35. The summed E-state index contributed by atoms with van der Waals surface area (Å²) in [6.07, 6.45) is 4.68. The minimum absolute atomic E-state index is 0.124. The average molecular weight is 904 g/mol. The number of nitrogens with zero attached hydrogens (tertiary/aromatic N) is 6. The molecule has 3 aromatic carbocycles. The standard InChI is InChI=1S/C24H22N4O4.C18H14F3N3O7S/c1-2-31-24(30)20-21(26-13-17-9-5-3-6-10-17)19-14-25-16-27-22(19)28(23(20)29)32-15-18-11-7-4-8-12-18;1-2-29-17(26)13-14(31-32(27,28)18(19,20)21)12-8-22-10-23-15(12)24(16(13)25)30-9-11-6-4-3-5-7-11/h3-12,14,16,26H,2,13,15H2,1H3;3-8,10H,2,9H2,1H3. The number of carbonyl (C=O) groups excluding carboxylic acids is 2. The number of anilines is 1. The van der Waals surface area contributed by atoms with Gasteiger partial charge in [0.25, 0.3) is 0 Å². The first-order valence-corrected chi connectivity index (χ1v) is 20.4. The zero-order chi connectivity index (χ0) is 45.9. The predicted octanol–water partition coefficient (Wildman–Crippen LogP) is 5.03. The van der Waals surface area contributed by atoms with Gasteiger partial charge >= 0.3 is 38.7 Å². The van der Waals surface area contributed by atoms with Crippen LogP contribution in [0.25, 0.3) is 22.1 Å². The van der Waals surface area contributed by atoms with E-state index in [2.05, 4.69) is 29.4 Å². The van der Waals surface area contributed by atoms with Gasteiger partial charge in [-0.2, -0.15) is 21.6 Å². The van der Waals surface area contributed by atoms with Crippen molar-refractivity contribution >= 4 is 49.8 Å². The summed E-state index contributed by atoms with van der Waals surface area (Å²) in [6, 6.07) is 27.5. The number of halogens is 3. The predicted molar refractivity (Wildman–Crippen MR) is 222 cm³/mol. The molecule has 0 bridgehead atoms. The van der Waals surface area contributed by atoms with Crippen LogP contribution in [-0.4, -0.2) is 68.5 Å². The lowest BCUT2D eigenvalue weighted by atomic mass is 10.1. The van der Waals surface area contributed by atoms with Crippen LogP contribution in [-0.2, 0) is 39.4 Å². The molecule has 0 amide bonds. The molecule has 0 saturated carbocycles. The number of hydrogen-bond acceptors (Lipinski definition) is 16. The molecule has 1 N–H and O–H groups in total. The normalized spacial score (nSPS) is 11.3. The number of fused-ring (bicyclic) bond motifs is 2. The van der Waals surface area contributed by atoms with Crippen molar-refractivity contribution in [3.05, 3.63) is 165 Å². The Bertz CT molecular complexity index is 3000. The zero-order valence-electron chi connectivity index (χ0n) is 33.7. The zero-order valence-corrected chi connectivity index (χ0v) is 34.5. The van der Waals surface area contributed by atoms with Gasteiger partial charge in [0.05, 0.1) is 29.7 Å². The molecule has 7 aromatic rings. The summed E-state index contributed by atoms with van der Waals surface area (Å²) in [6.45, 7) is 3.25. The molecular formula is C42H36F3N7O11S. The van der Waals surface area contributed by atoms with Gasteiger partial charge in [-0.3, -0.25) is 9.59 Å². The summed E-state index contributed by atoms with van der Waals surface area (Å²) >= 11 is 0. The SMILES string of the molecule is CCOC(=O)c1c(NCc2ccccc2)c2cncnc2n(OCc2ccccc2)c1=O.CCOC(=O)c1c(OS(=O)(=O)C(F)(F)F)c2cncnc2n(OCc2ccccc2)c1=O. The maximum absolute atomic E-state index is 13.4. The van der Waals surface area contributed by atoms with Crippen molar-refractivity contribution in [2.75, 3.05) is 18.5 Å². The van der Waals surface area contributed by atoms with E-state index in [1.165, 1.54) is 13.3 Å². The van der Waals surface area contributed by atoms with Crippen molar-refractivity contribution in [3.8, 4) is 5.75 Å². The summed E-state index contributed by atoms with van der Waals surface area (Å²) in [5.41, 5.74) is -6.51. The fourth-order valence-corrected chi connectivity index (χ4v) is 6.32. The van der Waals surface area contributed by atoms with E-state index in [-0.39, 0.29) is 37.6 Å². The number of pyridine rings is 2. The number of carbonyl (C=O) groups is 2. The number of aromatic nitrogens is 6. The minimum atomic E-state index is -6.25. The third kappa shape index (κ3) is 10.4. The summed E-state index contributed by atoms with van der Waals surface area (Å²) in [7, 11) is -6.25. The Morgan fingerprint density at radius 1 is 0.656 bits per heavy atom. The van der Waals surface area contributed by atoms with Gasteiger partial charge in [0.15, 0.2) is 28.2 Å². The molecule has 0 aliphatic heterocycles. The Balaban J connectivity index is 0.000000213. The van der Waals surface area contributed by atoms with Gasteiger partial charge in [-0.25, -0.2) is 29.5 Å². The van der Waals surface area contributed by atoms with Crippen LogP contribution in [0.5, 0.6) is 5.75 Å². The van der Waals surface area contributed by atoms with Gasteiger partial charge in [-0.15, -0.1) is 9.46 Å². The van der Waals surface area contributed by atoms with Crippen LogP contribution >= 0.6 is 0 Å².